The number of unbranched alkanes of at least 4 members (excludes halogenated alkanes) is 12. The lowest BCUT2D eigenvalue weighted by Gasteiger charge is -2.16. The van der Waals surface area contributed by atoms with E-state index in [0.29, 0.717) is 11.1 Å². The number of oxime groups is 1. The molecule has 0 aromatic heterocycles. The molecule has 0 aliphatic heterocycles. The highest BCUT2D eigenvalue weighted by Gasteiger charge is 2.20. The SMILES string of the molecule is CCCCCCCCCc1cc(C)c(O)c(C(=NO)c2cc(CCCCCCCCC)cc(C)c2O)c1. The van der Waals surface area contributed by atoms with Gasteiger partial charge in [0, 0.05) is 11.1 Å². The molecule has 2 aromatic carbocycles. The number of rotatable bonds is 18. The largest absolute Gasteiger partial charge is 0.507 e. The Morgan fingerprint density at radius 1 is 0.568 bits per heavy atom. The minimum atomic E-state index is 0.102. The molecule has 206 valence electrons. The number of aromatic hydroxyl groups is 2. The Hall–Kier alpha value is -2.49. The lowest BCUT2D eigenvalue weighted by molar-refractivity contribution is 0.319. The summed E-state index contributed by atoms with van der Waals surface area (Å²) in [7, 11) is 0. The first-order valence-corrected chi connectivity index (χ1v) is 14.8. The fraction of sp³-hybridized carbons (Fsp3) is 0.606. The third-order valence-corrected chi connectivity index (χ3v) is 7.47. The van der Waals surface area contributed by atoms with E-state index in [9.17, 15) is 15.4 Å². The van der Waals surface area contributed by atoms with Gasteiger partial charge >= 0.3 is 0 Å². The van der Waals surface area contributed by atoms with Crippen LogP contribution in [0.3, 0.4) is 0 Å². The second-order valence-electron chi connectivity index (χ2n) is 10.8. The number of phenolic OH excluding ortho intramolecular Hbond substituents is 2. The summed E-state index contributed by atoms with van der Waals surface area (Å²) < 4.78 is 0. The van der Waals surface area contributed by atoms with Crippen LogP contribution in [0.25, 0.3) is 0 Å². The third kappa shape index (κ3) is 10.1. The summed E-state index contributed by atoms with van der Waals surface area (Å²) in [5, 5.41) is 35.4. The highest BCUT2D eigenvalue weighted by molar-refractivity contribution is 6.16. The van der Waals surface area contributed by atoms with Gasteiger partial charge in [0.25, 0.3) is 0 Å². The summed E-state index contributed by atoms with van der Waals surface area (Å²) in [5.74, 6) is 0.205. The Bertz CT molecular complexity index is 905. The quantitative estimate of drug-likeness (QED) is 0.0810. The van der Waals surface area contributed by atoms with Crippen molar-refractivity contribution < 1.29 is 15.4 Å². The van der Waals surface area contributed by atoms with Gasteiger partial charge in [-0.2, -0.15) is 0 Å². The molecule has 37 heavy (non-hydrogen) atoms. The van der Waals surface area contributed by atoms with Crippen LogP contribution in [0, 0.1) is 13.8 Å². The zero-order chi connectivity index (χ0) is 27.0. The van der Waals surface area contributed by atoms with Gasteiger partial charge in [0.2, 0.25) is 0 Å². The van der Waals surface area contributed by atoms with Crippen LogP contribution in [0.5, 0.6) is 11.5 Å². The maximum atomic E-state index is 10.9. The number of benzene rings is 2. The Morgan fingerprint density at radius 2 is 0.919 bits per heavy atom. The fourth-order valence-electron chi connectivity index (χ4n) is 5.18. The van der Waals surface area contributed by atoms with Gasteiger partial charge in [0.15, 0.2) is 0 Å². The summed E-state index contributed by atoms with van der Waals surface area (Å²) >= 11 is 0. The topological polar surface area (TPSA) is 73.1 Å². The number of hydrogen-bond donors (Lipinski definition) is 3. The average Bonchev–Trinajstić information content (AvgIpc) is 2.88. The molecule has 0 aliphatic carbocycles. The molecule has 0 heterocycles. The van der Waals surface area contributed by atoms with E-state index in [-0.39, 0.29) is 17.2 Å². The first-order chi connectivity index (χ1) is 17.9. The van der Waals surface area contributed by atoms with Crippen LogP contribution in [0.2, 0.25) is 0 Å². The molecule has 0 bridgehead atoms. The zero-order valence-corrected chi connectivity index (χ0v) is 23.9. The number of aryl methyl sites for hydroxylation is 4. The van der Waals surface area contributed by atoms with Crippen LogP contribution in [-0.4, -0.2) is 21.1 Å². The highest BCUT2D eigenvalue weighted by atomic mass is 16.4. The van der Waals surface area contributed by atoms with E-state index >= 15 is 0 Å². The monoisotopic (exact) mass is 509 g/mol. The van der Waals surface area contributed by atoms with Crippen LogP contribution in [0.1, 0.15) is 137 Å². The van der Waals surface area contributed by atoms with Crippen molar-refractivity contribution in [1.82, 2.24) is 0 Å². The van der Waals surface area contributed by atoms with Crippen molar-refractivity contribution >= 4 is 5.71 Å². The lowest BCUT2D eigenvalue weighted by Crippen LogP contribution is -2.08. The van der Waals surface area contributed by atoms with Crippen LogP contribution in [0.15, 0.2) is 29.4 Å². The van der Waals surface area contributed by atoms with Gasteiger partial charge in [-0.1, -0.05) is 108 Å². The molecule has 2 rings (SSSR count). The van der Waals surface area contributed by atoms with Crippen molar-refractivity contribution in [1.29, 1.82) is 0 Å². The van der Waals surface area contributed by atoms with E-state index in [0.717, 1.165) is 47.9 Å². The van der Waals surface area contributed by atoms with Gasteiger partial charge in [0.05, 0.1) is 0 Å². The number of hydrogen-bond acceptors (Lipinski definition) is 4. The number of nitrogens with zero attached hydrogens (tertiary/aromatic N) is 1. The molecule has 2 aromatic rings. The van der Waals surface area contributed by atoms with Crippen LogP contribution < -0.4 is 0 Å². The molecule has 0 unspecified atom stereocenters. The van der Waals surface area contributed by atoms with E-state index in [4.69, 9.17) is 0 Å². The number of phenols is 2. The Morgan fingerprint density at radius 3 is 1.27 bits per heavy atom. The van der Waals surface area contributed by atoms with E-state index in [1.165, 1.54) is 77.0 Å². The summed E-state index contributed by atoms with van der Waals surface area (Å²) in [5.41, 5.74) is 4.93. The molecular weight excluding hydrogens is 458 g/mol. The predicted octanol–water partition coefficient (Wildman–Crippen LogP) is 9.53. The fourth-order valence-corrected chi connectivity index (χ4v) is 5.18. The second kappa shape index (κ2) is 17.1. The maximum absolute atomic E-state index is 10.9. The first kappa shape index (κ1) is 30.7. The molecule has 0 fully saturated rings. The van der Waals surface area contributed by atoms with E-state index in [2.05, 4.69) is 19.0 Å². The molecule has 0 saturated carbocycles. The van der Waals surface area contributed by atoms with Gasteiger partial charge < -0.3 is 15.4 Å². The van der Waals surface area contributed by atoms with Crippen LogP contribution >= 0.6 is 0 Å². The summed E-state index contributed by atoms with van der Waals surface area (Å²) in [6.07, 6.45) is 19.3. The third-order valence-electron chi connectivity index (χ3n) is 7.47. The van der Waals surface area contributed by atoms with Gasteiger partial charge in [-0.15, -0.1) is 0 Å². The molecule has 0 radical (unpaired) electrons. The van der Waals surface area contributed by atoms with Crippen LogP contribution in [-0.2, 0) is 12.8 Å². The van der Waals surface area contributed by atoms with Crippen molar-refractivity contribution in [3.05, 3.63) is 57.6 Å². The molecule has 4 heteroatoms. The Kier molecular flexibility index (Phi) is 14.2. The van der Waals surface area contributed by atoms with E-state index in [1.54, 1.807) is 0 Å². The van der Waals surface area contributed by atoms with Crippen molar-refractivity contribution in [2.45, 2.75) is 130 Å². The standard InChI is InChI=1S/C33H51NO3/c1-5-7-9-11-13-15-17-19-27-21-25(3)32(35)29(23-27)31(34-37)30-24-28(22-26(4)33(30)36)20-18-16-14-12-10-8-6-2/h21-24,35-37H,5-20H2,1-4H3. The van der Waals surface area contributed by atoms with Crippen molar-refractivity contribution in [2.24, 2.45) is 5.16 Å². The molecule has 0 aliphatic rings. The van der Waals surface area contributed by atoms with Crippen molar-refractivity contribution in [3.8, 4) is 11.5 Å². The molecule has 3 N–H and O–H groups in total. The van der Waals surface area contributed by atoms with Gasteiger partial charge in [-0.05, 0) is 73.9 Å². The zero-order valence-electron chi connectivity index (χ0n) is 23.9. The van der Waals surface area contributed by atoms with Gasteiger partial charge in [0.1, 0.15) is 17.2 Å². The lowest BCUT2D eigenvalue weighted by atomic mass is 9.91. The highest BCUT2D eigenvalue weighted by Crippen LogP contribution is 2.33. The Labute approximate surface area is 225 Å². The normalized spacial score (nSPS) is 11.1. The molecule has 0 saturated heterocycles. The van der Waals surface area contributed by atoms with Gasteiger partial charge in [-0.25, -0.2) is 0 Å². The summed E-state index contributed by atoms with van der Waals surface area (Å²) in [4.78, 5) is 0. The maximum Gasteiger partial charge on any atom is 0.128 e. The smallest absolute Gasteiger partial charge is 0.128 e. The van der Waals surface area contributed by atoms with Gasteiger partial charge in [-0.3, -0.25) is 0 Å². The minimum absolute atomic E-state index is 0.102. The molecular formula is C33H51NO3. The van der Waals surface area contributed by atoms with Crippen molar-refractivity contribution in [2.75, 3.05) is 0 Å². The van der Waals surface area contributed by atoms with E-state index < -0.39 is 0 Å². The summed E-state index contributed by atoms with van der Waals surface area (Å²) in [6.45, 7) is 8.24. The van der Waals surface area contributed by atoms with Crippen LogP contribution in [0.4, 0.5) is 0 Å². The summed E-state index contributed by atoms with van der Waals surface area (Å²) in [6, 6.07) is 7.89. The molecule has 0 atom stereocenters. The molecule has 0 amide bonds. The molecule has 0 spiro atoms. The van der Waals surface area contributed by atoms with E-state index in [1.807, 2.05) is 38.1 Å². The predicted molar refractivity (Wildman–Crippen MR) is 157 cm³/mol. The first-order valence-electron chi connectivity index (χ1n) is 14.8. The van der Waals surface area contributed by atoms with Crippen molar-refractivity contribution in [3.63, 3.8) is 0 Å². The molecule has 4 nitrogen and oxygen atoms in total. The second-order valence-corrected chi connectivity index (χ2v) is 10.8. The minimum Gasteiger partial charge on any atom is -0.507 e. The average molecular weight is 510 g/mol. The Balaban J connectivity index is 2.14.